The molecule has 4 N–H and O–H groups in total. The van der Waals surface area contributed by atoms with Crippen molar-refractivity contribution in [2.24, 2.45) is 0 Å². The molecule has 0 aliphatic carbocycles. The van der Waals surface area contributed by atoms with Gasteiger partial charge in [0, 0.05) is 35.9 Å². The van der Waals surface area contributed by atoms with E-state index < -0.39 is 0 Å². The van der Waals surface area contributed by atoms with Crippen molar-refractivity contribution < 1.29 is 9.53 Å². The molecule has 1 atom stereocenters. The molecule has 5 heteroatoms. The molecular formula is C15H19N3O2. The standard InChI is InChI=1S/C15H19N3O2/c16-10-4-5-12-13(9-17-14(12)7-10)15(19)18-8-11-3-1-2-6-20-11/h4-5,7,9,11,17H,1-3,6,8,16H2,(H,18,19). The maximum absolute atomic E-state index is 12.2. The number of aromatic amines is 1. The van der Waals surface area contributed by atoms with Gasteiger partial charge in [-0.25, -0.2) is 0 Å². The van der Waals surface area contributed by atoms with Gasteiger partial charge in [0.15, 0.2) is 0 Å². The van der Waals surface area contributed by atoms with Crippen molar-refractivity contribution >= 4 is 22.5 Å². The Hall–Kier alpha value is -2.01. The zero-order valence-corrected chi connectivity index (χ0v) is 11.3. The third-order valence-corrected chi connectivity index (χ3v) is 3.71. The predicted molar refractivity (Wildman–Crippen MR) is 78.6 cm³/mol. The van der Waals surface area contributed by atoms with Crippen molar-refractivity contribution in [2.75, 3.05) is 18.9 Å². The minimum atomic E-state index is -0.0739. The van der Waals surface area contributed by atoms with Crippen LogP contribution in [0.3, 0.4) is 0 Å². The van der Waals surface area contributed by atoms with E-state index in [-0.39, 0.29) is 12.0 Å². The van der Waals surface area contributed by atoms with E-state index in [0.717, 1.165) is 30.4 Å². The van der Waals surface area contributed by atoms with E-state index in [1.165, 1.54) is 6.42 Å². The Balaban J connectivity index is 1.69. The zero-order valence-electron chi connectivity index (χ0n) is 11.3. The number of carbonyl (C=O) groups excluding carboxylic acids is 1. The molecule has 1 aromatic carbocycles. The molecule has 3 rings (SSSR count). The summed E-state index contributed by atoms with van der Waals surface area (Å²) >= 11 is 0. The Morgan fingerprint density at radius 3 is 3.15 bits per heavy atom. The van der Waals surface area contributed by atoms with Gasteiger partial charge < -0.3 is 20.8 Å². The number of anilines is 1. The summed E-state index contributed by atoms with van der Waals surface area (Å²) < 4.78 is 5.61. The van der Waals surface area contributed by atoms with Gasteiger partial charge in [-0.3, -0.25) is 4.79 Å². The lowest BCUT2D eigenvalue weighted by Gasteiger charge is -2.22. The largest absolute Gasteiger partial charge is 0.399 e. The molecule has 1 fully saturated rings. The van der Waals surface area contributed by atoms with E-state index in [9.17, 15) is 4.79 Å². The zero-order chi connectivity index (χ0) is 13.9. The van der Waals surface area contributed by atoms with E-state index >= 15 is 0 Å². The number of fused-ring (bicyclic) bond motifs is 1. The first-order valence-corrected chi connectivity index (χ1v) is 7.00. The molecule has 106 valence electrons. The minimum Gasteiger partial charge on any atom is -0.399 e. The number of aromatic nitrogens is 1. The molecule has 5 nitrogen and oxygen atoms in total. The maximum Gasteiger partial charge on any atom is 0.253 e. The fourth-order valence-electron chi connectivity index (χ4n) is 2.60. The molecule has 1 aromatic heterocycles. The lowest BCUT2D eigenvalue weighted by atomic mass is 10.1. The molecule has 2 heterocycles. The fourth-order valence-corrected chi connectivity index (χ4v) is 2.60. The molecule has 0 spiro atoms. The van der Waals surface area contributed by atoms with Crippen LogP contribution >= 0.6 is 0 Å². The van der Waals surface area contributed by atoms with Crippen LogP contribution in [0.5, 0.6) is 0 Å². The monoisotopic (exact) mass is 273 g/mol. The number of nitrogens with two attached hydrogens (primary N) is 1. The second-order valence-corrected chi connectivity index (χ2v) is 5.21. The second kappa shape index (κ2) is 5.54. The average molecular weight is 273 g/mol. The summed E-state index contributed by atoms with van der Waals surface area (Å²) in [6.45, 7) is 1.37. The van der Waals surface area contributed by atoms with Gasteiger partial charge in [0.25, 0.3) is 5.91 Å². The molecule has 1 saturated heterocycles. The van der Waals surface area contributed by atoms with Gasteiger partial charge in [0.1, 0.15) is 0 Å². The number of H-pyrrole nitrogens is 1. The highest BCUT2D eigenvalue weighted by Gasteiger charge is 2.17. The Morgan fingerprint density at radius 1 is 1.45 bits per heavy atom. The number of hydrogen-bond acceptors (Lipinski definition) is 3. The van der Waals surface area contributed by atoms with Crippen molar-refractivity contribution in [1.82, 2.24) is 10.3 Å². The topological polar surface area (TPSA) is 80.1 Å². The number of hydrogen-bond donors (Lipinski definition) is 3. The minimum absolute atomic E-state index is 0.0739. The highest BCUT2D eigenvalue weighted by Crippen LogP contribution is 2.20. The number of amides is 1. The molecule has 20 heavy (non-hydrogen) atoms. The van der Waals surface area contributed by atoms with Crippen LogP contribution < -0.4 is 11.1 Å². The summed E-state index contributed by atoms with van der Waals surface area (Å²) in [5, 5.41) is 3.84. The molecule has 0 saturated carbocycles. The molecule has 0 bridgehead atoms. The van der Waals surface area contributed by atoms with Gasteiger partial charge >= 0.3 is 0 Å². The van der Waals surface area contributed by atoms with Crippen LogP contribution in [-0.2, 0) is 4.74 Å². The summed E-state index contributed by atoms with van der Waals surface area (Å²) in [4.78, 5) is 15.3. The highest BCUT2D eigenvalue weighted by atomic mass is 16.5. The fraction of sp³-hybridized carbons (Fsp3) is 0.400. The molecule has 1 amide bonds. The molecule has 0 radical (unpaired) electrons. The average Bonchev–Trinajstić information content (AvgIpc) is 2.89. The van der Waals surface area contributed by atoms with Crippen LogP contribution in [0.25, 0.3) is 10.9 Å². The third kappa shape index (κ3) is 2.63. The Morgan fingerprint density at radius 2 is 2.35 bits per heavy atom. The molecular weight excluding hydrogens is 254 g/mol. The summed E-state index contributed by atoms with van der Waals surface area (Å²) in [5.74, 6) is -0.0739. The van der Waals surface area contributed by atoms with Gasteiger partial charge in [-0.1, -0.05) is 0 Å². The van der Waals surface area contributed by atoms with Crippen molar-refractivity contribution in [2.45, 2.75) is 25.4 Å². The lowest BCUT2D eigenvalue weighted by Crippen LogP contribution is -2.35. The van der Waals surface area contributed by atoms with Crippen LogP contribution in [0.15, 0.2) is 24.4 Å². The number of ether oxygens (including phenoxy) is 1. The Labute approximate surface area is 117 Å². The molecule has 1 aliphatic heterocycles. The van der Waals surface area contributed by atoms with Crippen LogP contribution in [0.4, 0.5) is 5.69 Å². The van der Waals surface area contributed by atoms with E-state index in [1.807, 2.05) is 12.1 Å². The predicted octanol–water partition coefficient (Wildman–Crippen LogP) is 2.05. The normalized spacial score (nSPS) is 19.1. The number of carbonyl (C=O) groups is 1. The Bertz CT molecular complexity index is 615. The van der Waals surface area contributed by atoms with Crippen LogP contribution in [0, 0.1) is 0 Å². The molecule has 1 unspecified atom stereocenters. The van der Waals surface area contributed by atoms with Gasteiger partial charge in [-0.2, -0.15) is 0 Å². The summed E-state index contributed by atoms with van der Waals surface area (Å²) in [6, 6.07) is 5.50. The second-order valence-electron chi connectivity index (χ2n) is 5.21. The van der Waals surface area contributed by atoms with Crippen molar-refractivity contribution in [1.29, 1.82) is 0 Å². The number of nitrogens with one attached hydrogen (secondary N) is 2. The van der Waals surface area contributed by atoms with Crippen LogP contribution in [0.1, 0.15) is 29.6 Å². The van der Waals surface area contributed by atoms with E-state index in [1.54, 1.807) is 12.3 Å². The SMILES string of the molecule is Nc1ccc2c(C(=O)NCC3CCCCO3)c[nH]c2c1. The van der Waals surface area contributed by atoms with E-state index in [2.05, 4.69) is 10.3 Å². The van der Waals surface area contributed by atoms with Gasteiger partial charge in [0.2, 0.25) is 0 Å². The van der Waals surface area contributed by atoms with Crippen molar-refractivity contribution in [3.8, 4) is 0 Å². The van der Waals surface area contributed by atoms with Gasteiger partial charge in [0.05, 0.1) is 11.7 Å². The van der Waals surface area contributed by atoms with Crippen LogP contribution in [-0.4, -0.2) is 30.1 Å². The highest BCUT2D eigenvalue weighted by molar-refractivity contribution is 6.07. The van der Waals surface area contributed by atoms with E-state index in [4.69, 9.17) is 10.5 Å². The first-order valence-electron chi connectivity index (χ1n) is 7.00. The van der Waals surface area contributed by atoms with E-state index in [0.29, 0.717) is 17.8 Å². The van der Waals surface area contributed by atoms with Crippen molar-refractivity contribution in [3.05, 3.63) is 30.0 Å². The maximum atomic E-state index is 12.2. The number of nitrogen functional groups attached to an aromatic ring is 1. The summed E-state index contributed by atoms with van der Waals surface area (Å²) in [6.07, 6.45) is 5.18. The number of benzene rings is 1. The molecule has 1 aliphatic rings. The van der Waals surface area contributed by atoms with Gasteiger partial charge in [-0.05, 0) is 37.5 Å². The smallest absolute Gasteiger partial charge is 0.253 e. The van der Waals surface area contributed by atoms with Crippen LogP contribution in [0.2, 0.25) is 0 Å². The lowest BCUT2D eigenvalue weighted by molar-refractivity contribution is 0.0169. The molecule has 2 aromatic rings. The third-order valence-electron chi connectivity index (χ3n) is 3.71. The summed E-state index contributed by atoms with van der Waals surface area (Å²) in [5.41, 5.74) is 7.94. The van der Waals surface area contributed by atoms with Gasteiger partial charge in [-0.15, -0.1) is 0 Å². The Kier molecular flexibility index (Phi) is 3.60. The first-order chi connectivity index (χ1) is 9.74. The first kappa shape index (κ1) is 13.0. The number of rotatable bonds is 3. The van der Waals surface area contributed by atoms with Crippen molar-refractivity contribution in [3.63, 3.8) is 0 Å². The quantitative estimate of drug-likeness (QED) is 0.749. The summed E-state index contributed by atoms with van der Waals surface area (Å²) in [7, 11) is 0.